The minimum atomic E-state index is -0.609. The molecule has 0 spiro atoms. The maximum atomic E-state index is 12.7. The van der Waals surface area contributed by atoms with Gasteiger partial charge in [-0.1, -0.05) is 44.2 Å². The van der Waals surface area contributed by atoms with Gasteiger partial charge in [0, 0.05) is 25.7 Å². The van der Waals surface area contributed by atoms with Crippen molar-refractivity contribution in [3.05, 3.63) is 35.9 Å². The highest BCUT2D eigenvalue weighted by Gasteiger charge is 2.28. The number of benzene rings is 1. The highest BCUT2D eigenvalue weighted by atomic mass is 16.5. The molecule has 3 N–H and O–H groups in total. The summed E-state index contributed by atoms with van der Waals surface area (Å²) in [6, 6.07) is 9.60. The molecule has 5 nitrogen and oxygen atoms in total. The molecule has 1 aliphatic rings. The van der Waals surface area contributed by atoms with Crippen LogP contribution in [0.2, 0.25) is 0 Å². The van der Waals surface area contributed by atoms with Crippen molar-refractivity contribution in [2.75, 3.05) is 13.2 Å². The maximum absolute atomic E-state index is 12.7. The number of aliphatic hydroxyl groups is 1. The van der Waals surface area contributed by atoms with Crippen LogP contribution in [-0.4, -0.2) is 48.5 Å². The van der Waals surface area contributed by atoms with Crippen LogP contribution in [0, 0.1) is 5.92 Å². The van der Waals surface area contributed by atoms with E-state index in [1.54, 1.807) is 0 Å². The smallest absolute Gasteiger partial charge is 0.237 e. The third-order valence-electron chi connectivity index (χ3n) is 4.82. The molecule has 0 bridgehead atoms. The topological polar surface area (TPSA) is 70.6 Å². The standard InChI is InChI=1S/C20H32N2O3/c1-14(2)19(22-17-9-11-25-12-10-17)20(24)21-15(3)18(23)13-16-7-5-4-6-8-16/h4-8,14-15,17-19,22-23H,9-13H2,1-3H3,(H,21,24). The summed E-state index contributed by atoms with van der Waals surface area (Å²) in [7, 11) is 0. The second kappa shape index (κ2) is 9.90. The summed E-state index contributed by atoms with van der Waals surface area (Å²) in [4.78, 5) is 12.7. The molecule has 3 atom stereocenters. The normalized spacial score (nSPS) is 19.4. The van der Waals surface area contributed by atoms with Gasteiger partial charge in [0.2, 0.25) is 5.91 Å². The molecule has 1 aromatic carbocycles. The highest BCUT2D eigenvalue weighted by Crippen LogP contribution is 2.12. The molecule has 5 heteroatoms. The van der Waals surface area contributed by atoms with E-state index < -0.39 is 6.10 Å². The van der Waals surface area contributed by atoms with Gasteiger partial charge in [0.05, 0.1) is 18.2 Å². The Hall–Kier alpha value is -1.43. The Morgan fingerprint density at radius 2 is 1.84 bits per heavy atom. The predicted molar refractivity (Wildman–Crippen MR) is 99.4 cm³/mol. The van der Waals surface area contributed by atoms with Gasteiger partial charge in [-0.3, -0.25) is 4.79 Å². The number of rotatable bonds is 8. The molecular formula is C20H32N2O3. The van der Waals surface area contributed by atoms with Gasteiger partial charge in [0.25, 0.3) is 0 Å². The van der Waals surface area contributed by atoms with Crippen molar-refractivity contribution in [2.45, 2.75) is 64.3 Å². The summed E-state index contributed by atoms with van der Waals surface area (Å²) in [5, 5.41) is 16.9. The number of ether oxygens (including phenoxy) is 1. The second-order valence-corrected chi connectivity index (χ2v) is 7.33. The first-order chi connectivity index (χ1) is 12.0. The Morgan fingerprint density at radius 1 is 1.20 bits per heavy atom. The lowest BCUT2D eigenvalue weighted by Gasteiger charge is -2.31. The molecule has 1 aliphatic heterocycles. The zero-order valence-electron chi connectivity index (χ0n) is 15.6. The van der Waals surface area contributed by atoms with E-state index in [0.29, 0.717) is 12.5 Å². The van der Waals surface area contributed by atoms with Crippen molar-refractivity contribution in [1.82, 2.24) is 10.6 Å². The van der Waals surface area contributed by atoms with E-state index in [1.807, 2.05) is 51.1 Å². The Kier molecular flexibility index (Phi) is 7.88. The highest BCUT2D eigenvalue weighted by molar-refractivity contribution is 5.82. The molecule has 1 fully saturated rings. The molecular weight excluding hydrogens is 316 g/mol. The van der Waals surface area contributed by atoms with Crippen molar-refractivity contribution < 1.29 is 14.6 Å². The van der Waals surface area contributed by atoms with Crippen LogP contribution in [0.4, 0.5) is 0 Å². The Morgan fingerprint density at radius 3 is 2.44 bits per heavy atom. The van der Waals surface area contributed by atoms with Gasteiger partial charge < -0.3 is 20.5 Å². The van der Waals surface area contributed by atoms with Crippen molar-refractivity contribution in [2.24, 2.45) is 5.92 Å². The van der Waals surface area contributed by atoms with Gasteiger partial charge in [0.15, 0.2) is 0 Å². The Balaban J connectivity index is 1.87. The van der Waals surface area contributed by atoms with Crippen molar-refractivity contribution in [3.8, 4) is 0 Å². The quantitative estimate of drug-likeness (QED) is 0.671. The molecule has 1 heterocycles. The van der Waals surface area contributed by atoms with Crippen molar-refractivity contribution in [1.29, 1.82) is 0 Å². The summed E-state index contributed by atoms with van der Waals surface area (Å²) < 4.78 is 5.38. The SMILES string of the molecule is CC(C)C(NC1CCOCC1)C(=O)NC(C)C(O)Cc1ccccc1. The molecule has 0 saturated carbocycles. The number of hydrogen-bond donors (Lipinski definition) is 3. The number of hydrogen-bond acceptors (Lipinski definition) is 4. The van der Waals surface area contributed by atoms with Crippen LogP contribution in [0.25, 0.3) is 0 Å². The second-order valence-electron chi connectivity index (χ2n) is 7.33. The van der Waals surface area contributed by atoms with Crippen LogP contribution in [-0.2, 0) is 16.0 Å². The van der Waals surface area contributed by atoms with Crippen LogP contribution in [0.1, 0.15) is 39.2 Å². The maximum Gasteiger partial charge on any atom is 0.237 e. The van der Waals surface area contributed by atoms with Gasteiger partial charge in [-0.2, -0.15) is 0 Å². The first-order valence-electron chi connectivity index (χ1n) is 9.33. The zero-order valence-corrected chi connectivity index (χ0v) is 15.6. The van der Waals surface area contributed by atoms with E-state index in [4.69, 9.17) is 4.74 Å². The third-order valence-corrected chi connectivity index (χ3v) is 4.82. The number of aliphatic hydroxyl groups excluding tert-OH is 1. The molecule has 1 aromatic rings. The van der Waals surface area contributed by atoms with Crippen molar-refractivity contribution >= 4 is 5.91 Å². The van der Waals surface area contributed by atoms with Gasteiger partial charge in [-0.15, -0.1) is 0 Å². The molecule has 1 amide bonds. The van der Waals surface area contributed by atoms with Crippen LogP contribution in [0.3, 0.4) is 0 Å². The molecule has 2 rings (SSSR count). The predicted octanol–water partition coefficient (Wildman–Crippen LogP) is 1.89. The largest absolute Gasteiger partial charge is 0.391 e. The molecule has 0 aliphatic carbocycles. The fourth-order valence-electron chi connectivity index (χ4n) is 3.13. The minimum absolute atomic E-state index is 0.0406. The van der Waals surface area contributed by atoms with E-state index in [1.165, 1.54) is 0 Å². The van der Waals surface area contributed by atoms with E-state index >= 15 is 0 Å². The fraction of sp³-hybridized carbons (Fsp3) is 0.650. The van der Waals surface area contributed by atoms with Crippen LogP contribution in [0.15, 0.2) is 30.3 Å². The van der Waals surface area contributed by atoms with Gasteiger partial charge >= 0.3 is 0 Å². The monoisotopic (exact) mass is 348 g/mol. The van der Waals surface area contributed by atoms with Crippen LogP contribution < -0.4 is 10.6 Å². The Bertz CT molecular complexity index is 515. The summed E-state index contributed by atoms with van der Waals surface area (Å²) in [5.41, 5.74) is 1.07. The van der Waals surface area contributed by atoms with E-state index in [2.05, 4.69) is 10.6 Å². The first-order valence-corrected chi connectivity index (χ1v) is 9.33. The lowest BCUT2D eigenvalue weighted by molar-refractivity contribution is -0.126. The summed E-state index contributed by atoms with van der Waals surface area (Å²) >= 11 is 0. The Labute approximate surface area is 151 Å². The summed E-state index contributed by atoms with van der Waals surface area (Å²) in [6.07, 6.45) is 1.79. The van der Waals surface area contributed by atoms with Gasteiger partial charge in [-0.25, -0.2) is 0 Å². The van der Waals surface area contributed by atoms with Gasteiger partial charge in [-0.05, 0) is 31.2 Å². The van der Waals surface area contributed by atoms with Crippen LogP contribution in [0.5, 0.6) is 0 Å². The number of amides is 1. The number of carbonyl (C=O) groups excluding carboxylic acids is 1. The number of carbonyl (C=O) groups is 1. The molecule has 1 saturated heterocycles. The summed E-state index contributed by atoms with van der Waals surface area (Å²) in [5.74, 6) is 0.141. The fourth-order valence-corrected chi connectivity index (χ4v) is 3.13. The van der Waals surface area contributed by atoms with E-state index in [-0.39, 0.29) is 23.9 Å². The van der Waals surface area contributed by atoms with Crippen molar-refractivity contribution in [3.63, 3.8) is 0 Å². The number of nitrogens with one attached hydrogen (secondary N) is 2. The zero-order chi connectivity index (χ0) is 18.2. The van der Waals surface area contributed by atoms with E-state index in [0.717, 1.165) is 31.6 Å². The average molecular weight is 348 g/mol. The van der Waals surface area contributed by atoms with Crippen LogP contribution >= 0.6 is 0 Å². The van der Waals surface area contributed by atoms with Gasteiger partial charge in [0.1, 0.15) is 0 Å². The molecule has 25 heavy (non-hydrogen) atoms. The lowest BCUT2D eigenvalue weighted by atomic mass is 9.98. The third kappa shape index (κ3) is 6.42. The summed E-state index contributed by atoms with van der Waals surface area (Å²) in [6.45, 7) is 7.44. The minimum Gasteiger partial charge on any atom is -0.391 e. The average Bonchev–Trinajstić information content (AvgIpc) is 2.61. The lowest BCUT2D eigenvalue weighted by Crippen LogP contribution is -2.55. The molecule has 3 unspecified atom stereocenters. The molecule has 0 aromatic heterocycles. The van der Waals surface area contributed by atoms with E-state index in [9.17, 15) is 9.90 Å². The molecule has 0 radical (unpaired) electrons. The first kappa shape index (κ1) is 19.9. The molecule has 140 valence electrons.